The van der Waals surface area contributed by atoms with Crippen molar-refractivity contribution in [2.24, 2.45) is 0 Å². The summed E-state index contributed by atoms with van der Waals surface area (Å²) in [6, 6.07) is 6.29. The van der Waals surface area contributed by atoms with E-state index >= 15 is 0 Å². The van der Waals surface area contributed by atoms with E-state index in [4.69, 9.17) is 9.47 Å². The van der Waals surface area contributed by atoms with Crippen LogP contribution in [0, 0.1) is 0 Å². The molecule has 0 bridgehead atoms. The lowest BCUT2D eigenvalue weighted by atomic mass is 10.1. The van der Waals surface area contributed by atoms with Gasteiger partial charge >= 0.3 is 0 Å². The first-order chi connectivity index (χ1) is 8.92. The summed E-state index contributed by atoms with van der Waals surface area (Å²) in [6.07, 6.45) is 1.23. The molecule has 2 aliphatic rings. The van der Waals surface area contributed by atoms with Crippen molar-refractivity contribution in [3.05, 3.63) is 23.8 Å². The van der Waals surface area contributed by atoms with Crippen molar-refractivity contribution in [2.75, 3.05) is 39.4 Å². The topological polar surface area (TPSA) is 33.7 Å². The molecule has 0 aromatic heterocycles. The van der Waals surface area contributed by atoms with Crippen molar-refractivity contribution in [1.82, 2.24) is 10.2 Å². The zero-order valence-corrected chi connectivity index (χ0v) is 11.9. The van der Waals surface area contributed by atoms with Crippen molar-refractivity contribution in [2.45, 2.75) is 13.0 Å². The Morgan fingerprint density at radius 2 is 1.89 bits per heavy atom. The summed E-state index contributed by atoms with van der Waals surface area (Å²) >= 11 is 0. The van der Waals surface area contributed by atoms with Gasteiger partial charge in [0.25, 0.3) is 0 Å². The van der Waals surface area contributed by atoms with Gasteiger partial charge in [-0.3, -0.25) is 4.90 Å². The number of halogens is 1. The van der Waals surface area contributed by atoms with E-state index in [1.165, 1.54) is 18.5 Å². The fourth-order valence-electron chi connectivity index (χ4n) is 2.50. The zero-order valence-electron chi connectivity index (χ0n) is 11.1. The molecule has 4 nitrogen and oxygen atoms in total. The molecule has 1 aromatic carbocycles. The Morgan fingerprint density at radius 1 is 1.05 bits per heavy atom. The molecular formula is C14H21ClN2O2. The van der Waals surface area contributed by atoms with Gasteiger partial charge in [0.1, 0.15) is 13.2 Å². The van der Waals surface area contributed by atoms with Gasteiger partial charge in [0.2, 0.25) is 0 Å². The molecule has 2 aliphatic heterocycles. The average Bonchev–Trinajstić information content (AvgIpc) is 2.67. The van der Waals surface area contributed by atoms with Crippen LogP contribution < -0.4 is 14.8 Å². The molecule has 0 unspecified atom stereocenters. The van der Waals surface area contributed by atoms with Gasteiger partial charge in [-0.05, 0) is 37.2 Å². The number of benzene rings is 1. The molecule has 0 amide bonds. The Balaban J connectivity index is 0.00000133. The molecule has 0 aliphatic carbocycles. The van der Waals surface area contributed by atoms with Crippen LogP contribution in [-0.4, -0.2) is 44.3 Å². The van der Waals surface area contributed by atoms with E-state index in [0.717, 1.165) is 37.7 Å². The molecule has 2 heterocycles. The summed E-state index contributed by atoms with van der Waals surface area (Å²) < 4.78 is 11.2. The minimum Gasteiger partial charge on any atom is -0.486 e. The molecule has 0 saturated carbocycles. The summed E-state index contributed by atoms with van der Waals surface area (Å²) in [5.74, 6) is 1.77. The second-order valence-corrected chi connectivity index (χ2v) is 4.86. The molecule has 0 atom stereocenters. The van der Waals surface area contributed by atoms with E-state index < -0.39 is 0 Å². The first kappa shape index (κ1) is 14.4. The molecule has 3 rings (SSSR count). The highest BCUT2D eigenvalue weighted by atomic mass is 35.5. The molecule has 1 aromatic rings. The number of hydrogen-bond donors (Lipinski definition) is 1. The number of rotatable bonds is 2. The lowest BCUT2D eigenvalue weighted by molar-refractivity contribution is 0.171. The molecule has 19 heavy (non-hydrogen) atoms. The lowest BCUT2D eigenvalue weighted by Gasteiger charge is -2.22. The normalized spacial score (nSPS) is 19.4. The van der Waals surface area contributed by atoms with E-state index in [1.54, 1.807) is 0 Å². The van der Waals surface area contributed by atoms with Crippen LogP contribution in [0.1, 0.15) is 12.0 Å². The standard InChI is InChI=1S/C14H20N2O2.ClH/c1-4-15-5-7-16(6-1)11-12-2-3-13-14(10-12)18-9-8-17-13;/h2-3,10,15H,1,4-9,11H2;1H. The van der Waals surface area contributed by atoms with Gasteiger partial charge in [-0.2, -0.15) is 0 Å². The molecule has 106 valence electrons. The second-order valence-electron chi connectivity index (χ2n) is 4.86. The van der Waals surface area contributed by atoms with Gasteiger partial charge < -0.3 is 14.8 Å². The number of ether oxygens (including phenoxy) is 2. The van der Waals surface area contributed by atoms with Gasteiger partial charge in [-0.25, -0.2) is 0 Å². The summed E-state index contributed by atoms with van der Waals surface area (Å²) in [4.78, 5) is 2.49. The van der Waals surface area contributed by atoms with Crippen LogP contribution in [0.4, 0.5) is 0 Å². The summed E-state index contributed by atoms with van der Waals surface area (Å²) in [5.41, 5.74) is 1.31. The second kappa shape index (κ2) is 6.98. The highest BCUT2D eigenvalue weighted by molar-refractivity contribution is 5.85. The third-order valence-corrected chi connectivity index (χ3v) is 3.45. The van der Waals surface area contributed by atoms with E-state index in [-0.39, 0.29) is 12.4 Å². The van der Waals surface area contributed by atoms with Crippen LogP contribution in [0.15, 0.2) is 18.2 Å². The largest absolute Gasteiger partial charge is 0.486 e. The molecule has 0 radical (unpaired) electrons. The van der Waals surface area contributed by atoms with E-state index in [2.05, 4.69) is 22.3 Å². The molecular weight excluding hydrogens is 264 g/mol. The van der Waals surface area contributed by atoms with Crippen LogP contribution in [0.2, 0.25) is 0 Å². The zero-order chi connectivity index (χ0) is 12.2. The molecule has 0 spiro atoms. The molecule has 1 saturated heterocycles. The minimum atomic E-state index is 0. The van der Waals surface area contributed by atoms with Gasteiger partial charge in [0.15, 0.2) is 11.5 Å². The van der Waals surface area contributed by atoms with Crippen molar-refractivity contribution >= 4 is 12.4 Å². The summed E-state index contributed by atoms with van der Waals surface area (Å²) in [7, 11) is 0. The highest BCUT2D eigenvalue weighted by Gasteiger charge is 2.14. The fraction of sp³-hybridized carbons (Fsp3) is 0.571. The van der Waals surface area contributed by atoms with Crippen LogP contribution in [-0.2, 0) is 6.54 Å². The van der Waals surface area contributed by atoms with Gasteiger partial charge in [-0.1, -0.05) is 6.07 Å². The third kappa shape index (κ3) is 3.75. The Morgan fingerprint density at radius 3 is 2.79 bits per heavy atom. The SMILES string of the molecule is Cl.c1cc2c(cc1CN1CCCNCC1)OCCO2. The van der Waals surface area contributed by atoms with E-state index in [9.17, 15) is 0 Å². The molecule has 1 fully saturated rings. The number of nitrogens with one attached hydrogen (secondary N) is 1. The van der Waals surface area contributed by atoms with E-state index in [1.807, 2.05) is 6.07 Å². The third-order valence-electron chi connectivity index (χ3n) is 3.45. The summed E-state index contributed by atoms with van der Waals surface area (Å²) in [6.45, 7) is 6.82. The Kier molecular flexibility index (Phi) is 5.31. The van der Waals surface area contributed by atoms with Crippen LogP contribution in [0.3, 0.4) is 0 Å². The van der Waals surface area contributed by atoms with Gasteiger partial charge in [0, 0.05) is 19.6 Å². The van der Waals surface area contributed by atoms with Crippen LogP contribution >= 0.6 is 12.4 Å². The Hall–Kier alpha value is -0.970. The van der Waals surface area contributed by atoms with E-state index in [0.29, 0.717) is 13.2 Å². The number of fused-ring (bicyclic) bond motifs is 1. The predicted molar refractivity (Wildman–Crippen MR) is 77.4 cm³/mol. The van der Waals surface area contributed by atoms with Crippen molar-refractivity contribution in [1.29, 1.82) is 0 Å². The first-order valence-electron chi connectivity index (χ1n) is 6.73. The van der Waals surface area contributed by atoms with Crippen LogP contribution in [0.5, 0.6) is 11.5 Å². The molecule has 5 heteroatoms. The highest BCUT2D eigenvalue weighted by Crippen LogP contribution is 2.31. The fourth-order valence-corrected chi connectivity index (χ4v) is 2.50. The monoisotopic (exact) mass is 284 g/mol. The van der Waals surface area contributed by atoms with Gasteiger partial charge in [-0.15, -0.1) is 12.4 Å². The Labute approximate surface area is 120 Å². The average molecular weight is 285 g/mol. The quantitative estimate of drug-likeness (QED) is 0.896. The number of nitrogens with zero attached hydrogens (tertiary/aromatic N) is 1. The van der Waals surface area contributed by atoms with Crippen molar-refractivity contribution < 1.29 is 9.47 Å². The predicted octanol–water partition coefficient (Wildman–Crippen LogP) is 1.67. The lowest BCUT2D eigenvalue weighted by Crippen LogP contribution is -2.27. The first-order valence-corrected chi connectivity index (χ1v) is 6.73. The molecule has 1 N–H and O–H groups in total. The maximum atomic E-state index is 5.62. The smallest absolute Gasteiger partial charge is 0.161 e. The Bertz CT molecular complexity index is 406. The van der Waals surface area contributed by atoms with Crippen molar-refractivity contribution in [3.8, 4) is 11.5 Å². The van der Waals surface area contributed by atoms with Crippen molar-refractivity contribution in [3.63, 3.8) is 0 Å². The van der Waals surface area contributed by atoms with Crippen LogP contribution in [0.25, 0.3) is 0 Å². The number of hydrogen-bond acceptors (Lipinski definition) is 4. The maximum absolute atomic E-state index is 5.62. The minimum absolute atomic E-state index is 0. The van der Waals surface area contributed by atoms with Gasteiger partial charge in [0.05, 0.1) is 0 Å². The summed E-state index contributed by atoms with van der Waals surface area (Å²) in [5, 5.41) is 3.43. The maximum Gasteiger partial charge on any atom is 0.161 e.